The maximum atomic E-state index is 13.0. The van der Waals surface area contributed by atoms with Crippen molar-refractivity contribution in [2.24, 2.45) is 0 Å². The van der Waals surface area contributed by atoms with Crippen LogP contribution in [0.5, 0.6) is 5.88 Å². The van der Waals surface area contributed by atoms with E-state index in [9.17, 15) is 31.1 Å². The molecule has 0 aliphatic carbocycles. The Morgan fingerprint density at radius 1 is 1.27 bits per heavy atom. The van der Waals surface area contributed by atoms with Gasteiger partial charge in [-0.15, -0.1) is 0 Å². The number of carbonyl (C=O) groups excluding carboxylic acids is 1. The Labute approximate surface area is 149 Å². The summed E-state index contributed by atoms with van der Waals surface area (Å²) in [7, 11) is 0. The number of carbonyl (C=O) groups is 1. The number of ether oxygens (including phenoxy) is 2. The number of nitrogens with zero attached hydrogens (tertiary/aromatic N) is 1. The van der Waals surface area contributed by atoms with Crippen molar-refractivity contribution in [3.63, 3.8) is 0 Å². The molecule has 1 atom stereocenters. The van der Waals surface area contributed by atoms with Gasteiger partial charge in [-0.05, 0) is 19.9 Å². The number of rotatable bonds is 5. The molecular formula is C14H14F6N2O3S. The van der Waals surface area contributed by atoms with E-state index in [1.54, 1.807) is 0 Å². The molecule has 0 aliphatic heterocycles. The molecule has 0 saturated carbocycles. The highest BCUT2D eigenvalue weighted by Gasteiger charge is 2.39. The fraction of sp³-hybridized carbons (Fsp3) is 0.500. The third-order valence-electron chi connectivity index (χ3n) is 2.86. The van der Waals surface area contributed by atoms with Gasteiger partial charge in [-0.1, -0.05) is 12.2 Å². The van der Waals surface area contributed by atoms with E-state index in [0.29, 0.717) is 19.1 Å². The molecule has 1 heterocycles. The lowest BCUT2D eigenvalue weighted by molar-refractivity contribution is -0.190. The first-order chi connectivity index (χ1) is 11.8. The topological polar surface area (TPSA) is 60.5 Å². The van der Waals surface area contributed by atoms with E-state index >= 15 is 0 Å². The first kappa shape index (κ1) is 21.9. The second-order valence-electron chi connectivity index (χ2n) is 4.89. The van der Waals surface area contributed by atoms with Crippen LogP contribution < -0.4 is 10.1 Å². The van der Waals surface area contributed by atoms with E-state index in [1.807, 2.05) is 5.32 Å². The Morgan fingerprint density at radius 3 is 2.38 bits per heavy atom. The zero-order valence-corrected chi connectivity index (χ0v) is 14.3. The standard InChI is InChI=1S/C14H14F6N2O3S/c1-3-24-12(23)22-11(26)6-9-8(14(18,19)20)4-5-10(21-9)25-7(2)13(15,16)17/h4-5,7H,3,6H2,1-2H3,(H,22,23,26)/t7-/m0/s1. The van der Waals surface area contributed by atoms with E-state index < -0.39 is 48.1 Å². The summed E-state index contributed by atoms with van der Waals surface area (Å²) in [6.07, 6.45) is -13.4. The van der Waals surface area contributed by atoms with E-state index in [4.69, 9.17) is 12.2 Å². The maximum absolute atomic E-state index is 13.0. The molecule has 1 aromatic rings. The van der Waals surface area contributed by atoms with E-state index in [0.717, 1.165) is 0 Å². The Morgan fingerprint density at radius 2 is 1.88 bits per heavy atom. The zero-order valence-electron chi connectivity index (χ0n) is 13.5. The van der Waals surface area contributed by atoms with Crippen LogP contribution in [0.15, 0.2) is 12.1 Å². The molecule has 0 bridgehead atoms. The molecular weight excluding hydrogens is 390 g/mol. The number of thiocarbonyl (C=S) groups is 1. The van der Waals surface area contributed by atoms with Crippen molar-refractivity contribution in [2.45, 2.75) is 38.7 Å². The number of aromatic nitrogens is 1. The predicted molar refractivity (Wildman–Crippen MR) is 81.8 cm³/mol. The second kappa shape index (κ2) is 8.52. The minimum atomic E-state index is -4.82. The maximum Gasteiger partial charge on any atom is 0.425 e. The number of hydrogen-bond donors (Lipinski definition) is 1. The molecule has 26 heavy (non-hydrogen) atoms. The molecule has 0 spiro atoms. The molecule has 0 saturated heterocycles. The van der Waals surface area contributed by atoms with Crippen LogP contribution in [0.1, 0.15) is 25.1 Å². The molecule has 1 amide bonds. The lowest BCUT2D eigenvalue weighted by Gasteiger charge is -2.19. The van der Waals surface area contributed by atoms with Gasteiger partial charge in [0.2, 0.25) is 5.88 Å². The monoisotopic (exact) mass is 404 g/mol. The molecule has 0 unspecified atom stereocenters. The first-order valence-electron chi connectivity index (χ1n) is 7.11. The van der Waals surface area contributed by atoms with Crippen molar-refractivity contribution < 1.29 is 40.6 Å². The highest BCUT2D eigenvalue weighted by atomic mass is 32.1. The number of nitrogens with one attached hydrogen (secondary N) is 1. The molecule has 0 radical (unpaired) electrons. The van der Waals surface area contributed by atoms with Crippen LogP contribution in [-0.4, -0.2) is 35.0 Å². The summed E-state index contributed by atoms with van der Waals surface area (Å²) < 4.78 is 85.8. The number of halogens is 6. The Bertz CT molecular complexity index is 663. The second-order valence-corrected chi connectivity index (χ2v) is 5.38. The largest absolute Gasteiger partial charge is 0.465 e. The average molecular weight is 404 g/mol. The predicted octanol–water partition coefficient (Wildman–Crippen LogP) is 4.05. The molecule has 12 heteroatoms. The van der Waals surface area contributed by atoms with Gasteiger partial charge in [-0.2, -0.15) is 26.3 Å². The molecule has 0 aromatic carbocycles. The summed E-state index contributed by atoms with van der Waals surface area (Å²) in [6, 6.07) is 1.21. The number of hydrogen-bond acceptors (Lipinski definition) is 5. The van der Waals surface area contributed by atoms with E-state index in [-0.39, 0.29) is 11.6 Å². The van der Waals surface area contributed by atoms with Crippen LogP contribution in [0.4, 0.5) is 31.1 Å². The Kier molecular flexibility index (Phi) is 7.18. The fourth-order valence-electron chi connectivity index (χ4n) is 1.67. The third kappa shape index (κ3) is 6.65. The SMILES string of the molecule is CCOC(=O)NC(=S)Cc1nc(O[C@@H](C)C(F)(F)F)ccc1C(F)(F)F. The molecule has 5 nitrogen and oxygen atoms in total. The summed E-state index contributed by atoms with van der Waals surface area (Å²) >= 11 is 4.76. The van der Waals surface area contributed by atoms with Crippen LogP contribution in [0.25, 0.3) is 0 Å². The highest BCUT2D eigenvalue weighted by molar-refractivity contribution is 7.80. The van der Waals surface area contributed by atoms with Crippen molar-refractivity contribution >= 4 is 23.3 Å². The molecule has 0 aliphatic rings. The molecule has 1 rings (SSSR count). The van der Waals surface area contributed by atoms with Crippen molar-refractivity contribution in [1.82, 2.24) is 10.3 Å². The number of alkyl halides is 6. The quantitative estimate of drug-likeness (QED) is 0.593. The van der Waals surface area contributed by atoms with E-state index in [2.05, 4.69) is 14.5 Å². The first-order valence-corrected chi connectivity index (χ1v) is 7.52. The molecule has 1 aromatic heterocycles. The lowest BCUT2D eigenvalue weighted by atomic mass is 10.1. The molecule has 0 fully saturated rings. The van der Waals surface area contributed by atoms with Gasteiger partial charge in [0.25, 0.3) is 0 Å². The van der Waals surface area contributed by atoms with Gasteiger partial charge in [0.1, 0.15) is 0 Å². The van der Waals surface area contributed by atoms with Gasteiger partial charge in [0.05, 0.1) is 22.9 Å². The van der Waals surface area contributed by atoms with Crippen molar-refractivity contribution in [2.75, 3.05) is 6.61 Å². The summed E-state index contributed by atoms with van der Waals surface area (Å²) in [6.45, 7) is 2.21. The van der Waals surface area contributed by atoms with Crippen LogP contribution >= 0.6 is 12.2 Å². The summed E-state index contributed by atoms with van der Waals surface area (Å²) in [4.78, 5) is 14.4. The van der Waals surface area contributed by atoms with Crippen LogP contribution in [0.3, 0.4) is 0 Å². The van der Waals surface area contributed by atoms with Crippen molar-refractivity contribution in [3.05, 3.63) is 23.4 Å². The third-order valence-corrected chi connectivity index (χ3v) is 3.10. The Hall–Kier alpha value is -2.11. The summed E-state index contributed by atoms with van der Waals surface area (Å²) in [5, 5.41) is 2.03. The molecule has 146 valence electrons. The lowest BCUT2D eigenvalue weighted by Crippen LogP contribution is -2.32. The number of amides is 1. The van der Waals surface area contributed by atoms with Crippen LogP contribution in [0.2, 0.25) is 0 Å². The van der Waals surface area contributed by atoms with Crippen molar-refractivity contribution in [3.8, 4) is 5.88 Å². The van der Waals surface area contributed by atoms with Gasteiger partial charge in [0.15, 0.2) is 6.10 Å². The van der Waals surface area contributed by atoms with Gasteiger partial charge in [-0.25, -0.2) is 9.78 Å². The minimum absolute atomic E-state index is 0.0130. The van der Waals surface area contributed by atoms with Gasteiger partial charge in [0, 0.05) is 12.5 Å². The van der Waals surface area contributed by atoms with Crippen LogP contribution in [0, 0.1) is 0 Å². The molecule has 1 N–H and O–H groups in total. The van der Waals surface area contributed by atoms with Crippen molar-refractivity contribution in [1.29, 1.82) is 0 Å². The van der Waals surface area contributed by atoms with E-state index in [1.165, 1.54) is 6.92 Å². The highest BCUT2D eigenvalue weighted by Crippen LogP contribution is 2.33. The summed E-state index contributed by atoms with van der Waals surface area (Å²) in [5.74, 6) is -0.656. The fourth-order valence-corrected chi connectivity index (χ4v) is 1.89. The smallest absolute Gasteiger partial charge is 0.425 e. The zero-order chi connectivity index (χ0) is 20.1. The Balaban J connectivity index is 3.07. The number of alkyl carbamates (subject to hydrolysis) is 1. The van der Waals surface area contributed by atoms with Gasteiger partial charge < -0.3 is 9.47 Å². The van der Waals surface area contributed by atoms with Gasteiger partial charge >= 0.3 is 18.4 Å². The normalized spacial score (nSPS) is 13.1. The van der Waals surface area contributed by atoms with Gasteiger partial charge in [-0.3, -0.25) is 5.32 Å². The van der Waals surface area contributed by atoms with Crippen LogP contribution in [-0.2, 0) is 17.3 Å². The number of pyridine rings is 1. The minimum Gasteiger partial charge on any atom is -0.465 e. The average Bonchev–Trinajstić information content (AvgIpc) is 2.45. The summed E-state index contributed by atoms with van der Waals surface area (Å²) in [5.41, 5.74) is -1.90.